The van der Waals surface area contributed by atoms with Gasteiger partial charge in [-0.2, -0.15) is 0 Å². The molecular weight excluding hydrogens is 380 g/mol. The molecule has 0 bridgehead atoms. The van der Waals surface area contributed by atoms with Gasteiger partial charge in [0, 0.05) is 6.07 Å². The second kappa shape index (κ2) is 7.62. The maximum atomic E-state index is 13.8. The summed E-state index contributed by atoms with van der Waals surface area (Å²) in [6.07, 6.45) is -0.704. The van der Waals surface area contributed by atoms with Crippen LogP contribution < -0.4 is 10.9 Å². The van der Waals surface area contributed by atoms with Gasteiger partial charge in [-0.05, 0) is 52.0 Å². The van der Waals surface area contributed by atoms with E-state index in [0.717, 1.165) is 16.7 Å². The maximum absolute atomic E-state index is 13.8. The summed E-state index contributed by atoms with van der Waals surface area (Å²) < 4.78 is 34.0. The molecule has 0 aliphatic heterocycles. The van der Waals surface area contributed by atoms with Gasteiger partial charge in [0.2, 0.25) is 0 Å². The second-order valence-electron chi connectivity index (χ2n) is 7.62. The minimum Gasteiger partial charge on any atom is -0.444 e. The Bertz CT molecular complexity index is 1120. The number of para-hydroxylation sites is 1. The molecule has 152 valence electrons. The number of rotatable bonds is 3. The summed E-state index contributed by atoms with van der Waals surface area (Å²) >= 11 is 0. The van der Waals surface area contributed by atoms with Crippen LogP contribution in [0.15, 0.2) is 47.3 Å². The molecule has 0 fully saturated rings. The van der Waals surface area contributed by atoms with Gasteiger partial charge in [0.1, 0.15) is 23.1 Å². The highest BCUT2D eigenvalue weighted by Gasteiger charge is 2.23. The van der Waals surface area contributed by atoms with E-state index >= 15 is 0 Å². The third-order valence-corrected chi connectivity index (χ3v) is 4.03. The molecule has 0 radical (unpaired) electrons. The quantitative estimate of drug-likeness (QED) is 0.712. The summed E-state index contributed by atoms with van der Waals surface area (Å²) in [5, 5.41) is 2.90. The highest BCUT2D eigenvalue weighted by molar-refractivity contribution is 5.78. The van der Waals surface area contributed by atoms with E-state index in [9.17, 15) is 18.4 Å². The van der Waals surface area contributed by atoms with Gasteiger partial charge in [0.15, 0.2) is 0 Å². The SMILES string of the molecule is C[C@H](NC(=O)OC(C)(C)C)c1nc2ccccc2c(=O)n1-c1cc(F)cc(F)c1. The van der Waals surface area contributed by atoms with Gasteiger partial charge >= 0.3 is 6.09 Å². The maximum Gasteiger partial charge on any atom is 0.408 e. The number of alkyl carbamates (subject to hydrolysis) is 1. The van der Waals surface area contributed by atoms with Crippen LogP contribution in [0.2, 0.25) is 0 Å². The summed E-state index contributed by atoms with van der Waals surface area (Å²) in [5.41, 5.74) is -0.850. The van der Waals surface area contributed by atoms with Crippen molar-refractivity contribution in [2.75, 3.05) is 0 Å². The predicted molar refractivity (Wildman–Crippen MR) is 105 cm³/mol. The number of halogens is 2. The van der Waals surface area contributed by atoms with Crippen molar-refractivity contribution in [1.82, 2.24) is 14.9 Å². The van der Waals surface area contributed by atoms with E-state index in [1.54, 1.807) is 52.0 Å². The van der Waals surface area contributed by atoms with Gasteiger partial charge in [-0.25, -0.2) is 18.6 Å². The fraction of sp³-hybridized carbons (Fsp3) is 0.286. The van der Waals surface area contributed by atoms with E-state index in [0.29, 0.717) is 11.6 Å². The van der Waals surface area contributed by atoms with E-state index < -0.39 is 34.9 Å². The first-order valence-electron chi connectivity index (χ1n) is 9.03. The minimum absolute atomic E-state index is 0.0291. The molecule has 3 rings (SSSR count). The molecular formula is C21H21F2N3O3. The molecule has 1 atom stereocenters. The molecule has 1 amide bonds. The molecule has 0 saturated carbocycles. The van der Waals surface area contributed by atoms with E-state index in [2.05, 4.69) is 10.3 Å². The molecule has 2 aromatic carbocycles. The fourth-order valence-electron chi connectivity index (χ4n) is 2.91. The van der Waals surface area contributed by atoms with Gasteiger partial charge in [0.25, 0.3) is 5.56 Å². The number of benzene rings is 2. The standard InChI is InChI=1S/C21H21F2N3O3/c1-12(24-20(28)29-21(2,3)4)18-25-17-8-6-5-7-16(17)19(27)26(18)15-10-13(22)9-14(23)11-15/h5-12H,1-4H3,(H,24,28)/t12-/m0/s1. The minimum atomic E-state index is -0.834. The number of nitrogens with zero attached hydrogens (tertiary/aromatic N) is 2. The van der Waals surface area contributed by atoms with Crippen LogP contribution in [0, 0.1) is 11.6 Å². The zero-order chi connectivity index (χ0) is 21.3. The molecule has 0 unspecified atom stereocenters. The van der Waals surface area contributed by atoms with Crippen molar-refractivity contribution in [2.24, 2.45) is 0 Å². The average Bonchev–Trinajstić information content (AvgIpc) is 2.59. The van der Waals surface area contributed by atoms with Crippen molar-refractivity contribution >= 4 is 17.0 Å². The fourth-order valence-corrected chi connectivity index (χ4v) is 2.91. The first kappa shape index (κ1) is 20.4. The Labute approximate surface area is 166 Å². The Hall–Kier alpha value is -3.29. The van der Waals surface area contributed by atoms with Crippen LogP contribution >= 0.6 is 0 Å². The summed E-state index contributed by atoms with van der Waals surface area (Å²) in [7, 11) is 0. The molecule has 8 heteroatoms. The van der Waals surface area contributed by atoms with Crippen LogP contribution in [-0.4, -0.2) is 21.2 Å². The zero-order valence-corrected chi connectivity index (χ0v) is 16.5. The summed E-state index contributed by atoms with van der Waals surface area (Å²) in [6.45, 7) is 6.76. The van der Waals surface area contributed by atoms with Crippen molar-refractivity contribution in [3.63, 3.8) is 0 Å². The van der Waals surface area contributed by atoms with Gasteiger partial charge in [-0.1, -0.05) is 12.1 Å². The van der Waals surface area contributed by atoms with Gasteiger partial charge in [0.05, 0.1) is 22.6 Å². The number of aromatic nitrogens is 2. The highest BCUT2D eigenvalue weighted by Crippen LogP contribution is 2.20. The molecule has 6 nitrogen and oxygen atoms in total. The zero-order valence-electron chi connectivity index (χ0n) is 16.5. The Morgan fingerprint density at radius 2 is 1.76 bits per heavy atom. The summed E-state index contributed by atoms with van der Waals surface area (Å²) in [4.78, 5) is 29.8. The molecule has 0 aliphatic carbocycles. The first-order chi connectivity index (χ1) is 13.5. The first-order valence-corrected chi connectivity index (χ1v) is 9.03. The Balaban J connectivity index is 2.17. The van der Waals surface area contributed by atoms with Crippen LogP contribution in [-0.2, 0) is 4.74 Å². The number of hydrogen-bond acceptors (Lipinski definition) is 4. The lowest BCUT2D eigenvalue weighted by molar-refractivity contribution is 0.0505. The van der Waals surface area contributed by atoms with Gasteiger partial charge < -0.3 is 10.1 Å². The number of nitrogens with one attached hydrogen (secondary N) is 1. The molecule has 3 aromatic rings. The van der Waals surface area contributed by atoms with E-state index in [1.807, 2.05) is 0 Å². The molecule has 1 heterocycles. The van der Waals surface area contributed by atoms with Crippen LogP contribution in [0.3, 0.4) is 0 Å². The van der Waals surface area contributed by atoms with Crippen molar-refractivity contribution in [3.05, 3.63) is 70.3 Å². The van der Waals surface area contributed by atoms with Crippen LogP contribution in [0.1, 0.15) is 39.6 Å². The topological polar surface area (TPSA) is 73.2 Å². The molecule has 0 spiro atoms. The Morgan fingerprint density at radius 3 is 2.38 bits per heavy atom. The largest absolute Gasteiger partial charge is 0.444 e. The molecule has 0 aliphatic rings. The van der Waals surface area contributed by atoms with Crippen molar-refractivity contribution in [2.45, 2.75) is 39.3 Å². The highest BCUT2D eigenvalue weighted by atomic mass is 19.1. The lowest BCUT2D eigenvalue weighted by Gasteiger charge is -2.23. The summed E-state index contributed by atoms with van der Waals surface area (Å²) in [6, 6.07) is 8.61. The second-order valence-corrected chi connectivity index (χ2v) is 7.62. The smallest absolute Gasteiger partial charge is 0.408 e. The predicted octanol–water partition coefficient (Wildman–Crippen LogP) is 4.25. The third kappa shape index (κ3) is 4.59. The molecule has 1 N–H and O–H groups in total. The molecule has 1 aromatic heterocycles. The van der Waals surface area contributed by atoms with Crippen molar-refractivity contribution in [3.8, 4) is 5.69 Å². The number of fused-ring (bicyclic) bond motifs is 1. The monoisotopic (exact) mass is 401 g/mol. The number of hydrogen-bond donors (Lipinski definition) is 1. The van der Waals surface area contributed by atoms with Gasteiger partial charge in [-0.3, -0.25) is 9.36 Å². The summed E-state index contributed by atoms with van der Waals surface area (Å²) in [5.74, 6) is -1.55. The Kier molecular flexibility index (Phi) is 5.37. The van der Waals surface area contributed by atoms with E-state index in [-0.39, 0.29) is 16.9 Å². The number of carbonyl (C=O) groups is 1. The van der Waals surface area contributed by atoms with Crippen LogP contribution in [0.5, 0.6) is 0 Å². The van der Waals surface area contributed by atoms with E-state index in [4.69, 9.17) is 4.74 Å². The average molecular weight is 401 g/mol. The lowest BCUT2D eigenvalue weighted by atomic mass is 10.2. The molecule has 0 saturated heterocycles. The third-order valence-electron chi connectivity index (χ3n) is 4.03. The van der Waals surface area contributed by atoms with E-state index in [1.165, 1.54) is 0 Å². The van der Waals surface area contributed by atoms with Crippen LogP contribution in [0.4, 0.5) is 13.6 Å². The number of ether oxygens (including phenoxy) is 1. The van der Waals surface area contributed by atoms with Crippen LogP contribution in [0.25, 0.3) is 16.6 Å². The van der Waals surface area contributed by atoms with Crippen molar-refractivity contribution in [1.29, 1.82) is 0 Å². The molecule has 29 heavy (non-hydrogen) atoms. The lowest BCUT2D eigenvalue weighted by Crippen LogP contribution is -2.37. The number of amides is 1. The van der Waals surface area contributed by atoms with Crippen molar-refractivity contribution < 1.29 is 18.3 Å². The normalized spacial score (nSPS) is 12.6. The number of carbonyl (C=O) groups excluding carboxylic acids is 1. The Morgan fingerprint density at radius 1 is 1.14 bits per heavy atom. The van der Waals surface area contributed by atoms with Gasteiger partial charge in [-0.15, -0.1) is 0 Å².